The first kappa shape index (κ1) is 14.9. The van der Waals surface area contributed by atoms with Crippen LogP contribution in [0.3, 0.4) is 0 Å². The average Bonchev–Trinajstić information content (AvgIpc) is 2.61. The number of hydrogen-bond acceptors (Lipinski definition) is 5. The molecule has 0 aliphatic carbocycles. The van der Waals surface area contributed by atoms with Gasteiger partial charge in [0, 0.05) is 22.3 Å². The third-order valence-electron chi connectivity index (χ3n) is 1.83. The maximum Gasteiger partial charge on any atom is 0.441 e. The monoisotopic (exact) mass is 304 g/mol. The van der Waals surface area contributed by atoms with Crippen LogP contribution in [0.1, 0.15) is 22.2 Å². The van der Waals surface area contributed by atoms with Crippen molar-refractivity contribution in [1.82, 2.24) is 10.2 Å². The molecule has 0 amide bonds. The van der Waals surface area contributed by atoms with Crippen LogP contribution >= 0.6 is 23.1 Å². The van der Waals surface area contributed by atoms with E-state index in [0.29, 0.717) is 5.01 Å². The molecule has 0 aliphatic heterocycles. The first-order chi connectivity index (χ1) is 7.79. The molecule has 3 nitrogen and oxygen atoms in total. The van der Waals surface area contributed by atoms with E-state index in [2.05, 4.69) is 10.2 Å². The zero-order valence-corrected chi connectivity index (χ0v) is 11.6. The molecule has 17 heavy (non-hydrogen) atoms. The first-order valence-corrected chi connectivity index (χ1v) is 7.86. The summed E-state index contributed by atoms with van der Waals surface area (Å²) in [5.41, 5.74) is -4.26. The highest BCUT2D eigenvalue weighted by molar-refractivity contribution is 8.00. The van der Waals surface area contributed by atoms with E-state index in [4.69, 9.17) is 0 Å². The molecule has 98 valence electrons. The van der Waals surface area contributed by atoms with Gasteiger partial charge in [-0.15, -0.1) is 21.5 Å². The lowest BCUT2D eigenvalue weighted by Crippen LogP contribution is -2.11. The molecule has 2 unspecified atom stereocenters. The lowest BCUT2D eigenvalue weighted by molar-refractivity contribution is -0.0326. The summed E-state index contributed by atoms with van der Waals surface area (Å²) < 4.78 is 47.3. The Morgan fingerprint density at radius 2 is 2.12 bits per heavy atom. The average molecular weight is 304 g/mol. The molecular formula is C8H11F3N2OS3. The molecule has 0 saturated carbocycles. The fraction of sp³-hybridized carbons (Fsp3) is 0.750. The quantitative estimate of drug-likeness (QED) is 0.839. The van der Waals surface area contributed by atoms with E-state index in [9.17, 15) is 17.4 Å². The highest BCUT2D eigenvalue weighted by Crippen LogP contribution is 2.31. The van der Waals surface area contributed by atoms with Gasteiger partial charge in [-0.1, -0.05) is 11.8 Å². The maximum absolute atomic E-state index is 11.9. The molecule has 1 aromatic rings. The van der Waals surface area contributed by atoms with Crippen molar-refractivity contribution in [2.75, 3.05) is 11.5 Å². The van der Waals surface area contributed by atoms with Crippen LogP contribution in [0.4, 0.5) is 13.2 Å². The molecule has 0 fully saturated rings. The van der Waals surface area contributed by atoms with Crippen LogP contribution in [0.15, 0.2) is 0 Å². The molecule has 0 saturated heterocycles. The van der Waals surface area contributed by atoms with Gasteiger partial charge in [-0.05, 0) is 13.8 Å². The molecule has 1 rings (SSSR count). The van der Waals surface area contributed by atoms with Crippen LogP contribution in [0.25, 0.3) is 0 Å². The van der Waals surface area contributed by atoms with Crippen LogP contribution in [0.5, 0.6) is 0 Å². The molecule has 2 atom stereocenters. The van der Waals surface area contributed by atoms with Gasteiger partial charge in [-0.2, -0.15) is 13.2 Å². The lowest BCUT2D eigenvalue weighted by atomic mass is 10.5. The van der Waals surface area contributed by atoms with Crippen LogP contribution < -0.4 is 0 Å². The molecule has 9 heteroatoms. The second kappa shape index (κ2) is 6.14. The van der Waals surface area contributed by atoms with Gasteiger partial charge in [-0.3, -0.25) is 4.21 Å². The Hall–Kier alpha value is -0.150. The molecule has 0 bridgehead atoms. The lowest BCUT2D eigenvalue weighted by Gasteiger charge is -2.08. The van der Waals surface area contributed by atoms with Crippen LogP contribution in [0.2, 0.25) is 0 Å². The number of hydrogen-bond donors (Lipinski definition) is 0. The highest BCUT2D eigenvalue weighted by Gasteiger charge is 2.28. The number of alkyl halides is 3. The van der Waals surface area contributed by atoms with Crippen molar-refractivity contribution in [3.63, 3.8) is 0 Å². The summed E-state index contributed by atoms with van der Waals surface area (Å²) in [6, 6.07) is 0. The first-order valence-electron chi connectivity index (χ1n) is 4.67. The predicted molar refractivity (Wildman–Crippen MR) is 64.6 cm³/mol. The predicted octanol–water partition coefficient (Wildman–Crippen LogP) is 2.91. The van der Waals surface area contributed by atoms with Crippen LogP contribution in [0, 0.1) is 6.92 Å². The zero-order valence-electron chi connectivity index (χ0n) is 9.15. The highest BCUT2D eigenvalue weighted by atomic mass is 32.2. The number of halogens is 3. The summed E-state index contributed by atoms with van der Waals surface area (Å²) >= 11 is 1.17. The van der Waals surface area contributed by atoms with Crippen molar-refractivity contribution in [2.45, 2.75) is 24.6 Å². The Labute approximate surface area is 108 Å². The van der Waals surface area contributed by atoms with Gasteiger partial charge in [-0.25, -0.2) is 0 Å². The number of nitrogens with zero attached hydrogens (tertiary/aromatic N) is 2. The summed E-state index contributed by atoms with van der Waals surface area (Å²) in [5.74, 6) is -0.192. The molecule has 0 radical (unpaired) electrons. The Morgan fingerprint density at radius 3 is 2.59 bits per heavy atom. The minimum atomic E-state index is -4.26. The maximum atomic E-state index is 11.9. The summed E-state index contributed by atoms with van der Waals surface area (Å²) in [7, 11) is -1.35. The van der Waals surface area contributed by atoms with Gasteiger partial charge in [0.05, 0.1) is 5.25 Å². The van der Waals surface area contributed by atoms with E-state index >= 15 is 0 Å². The molecule has 0 N–H and O–H groups in total. The molecule has 1 aromatic heterocycles. The molecule has 0 spiro atoms. The summed E-state index contributed by atoms with van der Waals surface area (Å²) in [4.78, 5) is 0. The van der Waals surface area contributed by atoms with E-state index in [-0.39, 0.29) is 28.5 Å². The Kier molecular flexibility index (Phi) is 5.39. The third kappa shape index (κ3) is 5.35. The van der Waals surface area contributed by atoms with Crippen molar-refractivity contribution < 1.29 is 17.4 Å². The van der Waals surface area contributed by atoms with Gasteiger partial charge < -0.3 is 0 Å². The number of thioether (sulfide) groups is 1. The molecule has 0 aromatic carbocycles. The van der Waals surface area contributed by atoms with E-state index < -0.39 is 16.3 Å². The van der Waals surface area contributed by atoms with Crippen molar-refractivity contribution in [2.24, 2.45) is 0 Å². The van der Waals surface area contributed by atoms with Crippen molar-refractivity contribution in [1.29, 1.82) is 0 Å². The second-order valence-corrected chi connectivity index (χ2v) is 7.43. The van der Waals surface area contributed by atoms with Gasteiger partial charge in [0.1, 0.15) is 10.0 Å². The smallest absolute Gasteiger partial charge is 0.259 e. The second-order valence-electron chi connectivity index (χ2n) is 3.18. The van der Waals surface area contributed by atoms with E-state index in [1.807, 2.05) is 0 Å². The number of aromatic nitrogens is 2. The van der Waals surface area contributed by atoms with Gasteiger partial charge in [0.2, 0.25) is 0 Å². The summed E-state index contributed by atoms with van der Waals surface area (Å²) in [6.07, 6.45) is 0. The Bertz CT molecular complexity index is 394. The standard InChI is InChI=1S/C8H11F3N2OS3/c1-5(7-13-12-6(2)16-7)17(14)4-3-15-8(9,10)11/h5H,3-4H2,1-2H3. The van der Waals surface area contributed by atoms with Crippen LogP contribution in [-0.4, -0.2) is 31.4 Å². The van der Waals surface area contributed by atoms with Gasteiger partial charge >= 0.3 is 5.51 Å². The fourth-order valence-electron chi connectivity index (χ4n) is 1.00. The minimum absolute atomic E-state index is 0.00394. The summed E-state index contributed by atoms with van der Waals surface area (Å²) in [6.45, 7) is 3.46. The van der Waals surface area contributed by atoms with Crippen molar-refractivity contribution in [3.05, 3.63) is 10.0 Å². The normalized spacial score (nSPS) is 15.8. The van der Waals surface area contributed by atoms with Crippen LogP contribution in [-0.2, 0) is 10.8 Å². The third-order valence-corrected chi connectivity index (χ3v) is 5.62. The summed E-state index contributed by atoms with van der Waals surface area (Å²) in [5, 5.41) is 8.63. The SMILES string of the molecule is Cc1nnc(C(C)S(=O)CCSC(F)(F)F)s1. The molecule has 1 heterocycles. The Balaban J connectivity index is 2.43. The number of aryl methyl sites for hydroxylation is 1. The molecule has 0 aliphatic rings. The Morgan fingerprint density at radius 1 is 1.47 bits per heavy atom. The van der Waals surface area contributed by atoms with Crippen molar-refractivity contribution in [3.8, 4) is 0 Å². The van der Waals surface area contributed by atoms with Gasteiger partial charge in [0.25, 0.3) is 0 Å². The molecular weight excluding hydrogens is 293 g/mol. The number of rotatable bonds is 5. The van der Waals surface area contributed by atoms with E-state index in [0.717, 1.165) is 5.01 Å². The van der Waals surface area contributed by atoms with E-state index in [1.165, 1.54) is 11.3 Å². The fourth-order valence-corrected chi connectivity index (χ4v) is 3.95. The zero-order chi connectivity index (χ0) is 13.1. The van der Waals surface area contributed by atoms with E-state index in [1.54, 1.807) is 13.8 Å². The topological polar surface area (TPSA) is 42.9 Å². The van der Waals surface area contributed by atoms with Crippen molar-refractivity contribution >= 4 is 33.9 Å². The largest absolute Gasteiger partial charge is 0.441 e. The van der Waals surface area contributed by atoms with Gasteiger partial charge in [0.15, 0.2) is 0 Å². The minimum Gasteiger partial charge on any atom is -0.259 e.